The molecule has 0 saturated heterocycles. The van der Waals surface area contributed by atoms with Crippen molar-refractivity contribution in [2.75, 3.05) is 6.54 Å². The third-order valence-electron chi connectivity index (χ3n) is 4.91. The zero-order valence-electron chi connectivity index (χ0n) is 16.0. The average Bonchev–Trinajstić information content (AvgIpc) is 3.09. The molecule has 0 aliphatic heterocycles. The Hall–Kier alpha value is -2.66. The van der Waals surface area contributed by atoms with Crippen molar-refractivity contribution in [2.45, 2.75) is 46.1 Å². The van der Waals surface area contributed by atoms with E-state index in [0.29, 0.717) is 23.4 Å². The normalized spacial score (nSPS) is 11.7. The smallest absolute Gasteiger partial charge is 0.145 e. The largest absolute Gasteiger partial charge is 0.505 e. The van der Waals surface area contributed by atoms with E-state index in [1.54, 1.807) is 19.3 Å². The lowest BCUT2D eigenvalue weighted by atomic mass is 10.0. The number of benzene rings is 1. The molecule has 0 saturated carbocycles. The van der Waals surface area contributed by atoms with Gasteiger partial charge in [-0.15, -0.1) is 0 Å². The van der Waals surface area contributed by atoms with Crippen molar-refractivity contribution in [3.8, 4) is 5.75 Å². The van der Waals surface area contributed by atoms with Crippen LogP contribution in [0, 0.1) is 6.92 Å². The summed E-state index contributed by atoms with van der Waals surface area (Å²) in [6.45, 7) is 4.38. The van der Waals surface area contributed by atoms with Crippen LogP contribution in [0.4, 0.5) is 0 Å². The average molecular weight is 365 g/mol. The maximum absolute atomic E-state index is 10.2. The summed E-state index contributed by atoms with van der Waals surface area (Å²) in [5.41, 5.74) is 5.43. The zero-order chi connectivity index (χ0) is 19.2. The second-order valence-electron chi connectivity index (χ2n) is 6.87. The van der Waals surface area contributed by atoms with E-state index in [2.05, 4.69) is 46.3 Å². The van der Waals surface area contributed by atoms with Crippen molar-refractivity contribution in [1.29, 1.82) is 0 Å². The minimum atomic E-state index is -0.175. The van der Waals surface area contributed by atoms with Gasteiger partial charge in [0.15, 0.2) is 0 Å². The lowest BCUT2D eigenvalue weighted by Crippen LogP contribution is -1.99. The molecule has 2 heterocycles. The number of aromatic nitrogens is 2. The van der Waals surface area contributed by atoms with Gasteiger partial charge >= 0.3 is 0 Å². The van der Waals surface area contributed by atoms with Crippen LogP contribution in [0.1, 0.15) is 47.7 Å². The van der Waals surface area contributed by atoms with Gasteiger partial charge in [0.25, 0.3) is 0 Å². The fraction of sp³-hybridized carbons (Fsp3) is 0.364. The lowest BCUT2D eigenvalue weighted by molar-refractivity contribution is 0.280. The highest BCUT2D eigenvalue weighted by Gasteiger charge is 2.09. The number of aliphatic hydroxyl groups excluding tert-OH is 1. The molecule has 142 valence electrons. The molecule has 0 amide bonds. The molecule has 0 radical (unpaired) electrons. The predicted octanol–water partition coefficient (Wildman–Crippen LogP) is 4.07. The second kappa shape index (κ2) is 8.82. The highest BCUT2D eigenvalue weighted by molar-refractivity contribution is 5.86. The number of unbranched alkanes of at least 4 members (excludes halogenated alkanes) is 1. The number of aromatic hydroxyl groups is 1. The van der Waals surface area contributed by atoms with Gasteiger partial charge in [-0.25, -0.2) is 0 Å². The third-order valence-corrected chi connectivity index (χ3v) is 4.91. The van der Waals surface area contributed by atoms with Crippen LogP contribution in [0.3, 0.4) is 0 Å². The van der Waals surface area contributed by atoms with Crippen LogP contribution in [0.5, 0.6) is 5.75 Å². The van der Waals surface area contributed by atoms with E-state index in [4.69, 9.17) is 0 Å². The van der Waals surface area contributed by atoms with E-state index < -0.39 is 0 Å². The zero-order valence-corrected chi connectivity index (χ0v) is 16.0. The Morgan fingerprint density at radius 2 is 2.07 bits per heavy atom. The van der Waals surface area contributed by atoms with Crippen molar-refractivity contribution in [1.82, 2.24) is 9.97 Å². The molecule has 3 rings (SSSR count). The number of aliphatic imine (C=N–C) groups is 1. The van der Waals surface area contributed by atoms with Crippen LogP contribution < -0.4 is 0 Å². The molecule has 0 aliphatic carbocycles. The standard InChI is InChI=1S/C22H27N3O2/c1-3-4-5-16-6-7-21-19(10-16)17(11-25-21)8-9-23-13-20-18(14-26)12-24-15(2)22(20)27/h6-7,10-13,25-27H,3-5,8-9,14H2,1-2H3. The van der Waals surface area contributed by atoms with Gasteiger partial charge in [-0.05, 0) is 49.4 Å². The first-order valence-corrected chi connectivity index (χ1v) is 9.51. The number of hydrogen-bond acceptors (Lipinski definition) is 4. The van der Waals surface area contributed by atoms with Gasteiger partial charge in [-0.1, -0.05) is 19.4 Å². The summed E-state index contributed by atoms with van der Waals surface area (Å²) in [7, 11) is 0. The topological polar surface area (TPSA) is 81.5 Å². The number of nitrogens with one attached hydrogen (secondary N) is 1. The third kappa shape index (κ3) is 4.37. The summed E-state index contributed by atoms with van der Waals surface area (Å²) in [4.78, 5) is 11.9. The molecule has 3 N–H and O–H groups in total. The van der Waals surface area contributed by atoms with Gasteiger partial charge in [0.1, 0.15) is 5.75 Å². The van der Waals surface area contributed by atoms with Crippen molar-refractivity contribution in [2.24, 2.45) is 4.99 Å². The van der Waals surface area contributed by atoms with Crippen molar-refractivity contribution in [3.63, 3.8) is 0 Å². The van der Waals surface area contributed by atoms with E-state index in [0.717, 1.165) is 18.4 Å². The first kappa shape index (κ1) is 19.1. The molecule has 0 fully saturated rings. The maximum atomic E-state index is 10.2. The summed E-state index contributed by atoms with van der Waals surface area (Å²) >= 11 is 0. The molecule has 2 aromatic heterocycles. The minimum Gasteiger partial charge on any atom is -0.505 e. The van der Waals surface area contributed by atoms with E-state index in [9.17, 15) is 10.2 Å². The van der Waals surface area contributed by atoms with Gasteiger partial charge in [0.2, 0.25) is 0 Å². The lowest BCUT2D eigenvalue weighted by Gasteiger charge is -2.07. The van der Waals surface area contributed by atoms with Crippen LogP contribution >= 0.6 is 0 Å². The summed E-state index contributed by atoms with van der Waals surface area (Å²) in [6, 6.07) is 6.63. The SMILES string of the molecule is CCCCc1ccc2[nH]cc(CCN=Cc3c(CO)cnc(C)c3O)c2c1. The predicted molar refractivity (Wildman–Crippen MR) is 110 cm³/mol. The van der Waals surface area contributed by atoms with Gasteiger partial charge < -0.3 is 15.2 Å². The molecule has 5 heteroatoms. The molecule has 0 unspecified atom stereocenters. The Balaban J connectivity index is 1.72. The number of aryl methyl sites for hydroxylation is 2. The summed E-state index contributed by atoms with van der Waals surface area (Å²) < 4.78 is 0. The van der Waals surface area contributed by atoms with Crippen LogP contribution in [0.25, 0.3) is 10.9 Å². The highest BCUT2D eigenvalue weighted by atomic mass is 16.3. The molecule has 5 nitrogen and oxygen atoms in total. The number of nitrogens with zero attached hydrogens (tertiary/aromatic N) is 2. The molecule has 3 aromatic rings. The summed E-state index contributed by atoms with van der Waals surface area (Å²) in [5.74, 6) is 0.0814. The van der Waals surface area contributed by atoms with E-state index >= 15 is 0 Å². The first-order chi connectivity index (χ1) is 13.1. The molecule has 0 bridgehead atoms. The number of pyridine rings is 1. The van der Waals surface area contributed by atoms with Crippen molar-refractivity contribution >= 4 is 17.1 Å². The highest BCUT2D eigenvalue weighted by Crippen LogP contribution is 2.23. The second-order valence-corrected chi connectivity index (χ2v) is 6.87. The molecule has 27 heavy (non-hydrogen) atoms. The molecule has 1 aromatic carbocycles. The van der Waals surface area contributed by atoms with Crippen LogP contribution in [0.2, 0.25) is 0 Å². The fourth-order valence-corrected chi connectivity index (χ4v) is 3.23. The first-order valence-electron chi connectivity index (χ1n) is 9.51. The Bertz CT molecular complexity index is 944. The quantitative estimate of drug-likeness (QED) is 0.526. The molecule has 0 spiro atoms. The van der Waals surface area contributed by atoms with E-state index in [1.165, 1.54) is 29.4 Å². The Morgan fingerprint density at radius 3 is 2.85 bits per heavy atom. The molecular weight excluding hydrogens is 338 g/mol. The van der Waals surface area contributed by atoms with Gasteiger partial charge in [0, 0.05) is 47.2 Å². The van der Waals surface area contributed by atoms with Crippen molar-refractivity contribution < 1.29 is 10.2 Å². The Labute approximate surface area is 159 Å². The number of H-pyrrole nitrogens is 1. The van der Waals surface area contributed by atoms with Crippen LogP contribution in [-0.4, -0.2) is 32.9 Å². The van der Waals surface area contributed by atoms with Gasteiger partial charge in [0.05, 0.1) is 12.3 Å². The van der Waals surface area contributed by atoms with Gasteiger partial charge in [-0.2, -0.15) is 0 Å². The molecule has 0 aliphatic rings. The maximum Gasteiger partial charge on any atom is 0.145 e. The Kier molecular flexibility index (Phi) is 6.24. The fourth-order valence-electron chi connectivity index (χ4n) is 3.23. The van der Waals surface area contributed by atoms with Crippen LogP contribution in [0.15, 0.2) is 35.6 Å². The monoisotopic (exact) mass is 365 g/mol. The van der Waals surface area contributed by atoms with E-state index in [1.807, 2.05) is 0 Å². The number of hydrogen-bond donors (Lipinski definition) is 3. The minimum absolute atomic E-state index is 0.0814. The number of aliphatic hydroxyl groups is 1. The number of rotatable bonds is 8. The Morgan fingerprint density at radius 1 is 1.22 bits per heavy atom. The molecular formula is C22H27N3O2. The summed E-state index contributed by atoms with van der Waals surface area (Å²) in [6.07, 6.45) is 9.59. The molecule has 0 atom stereocenters. The number of fused-ring (bicyclic) bond motifs is 1. The van der Waals surface area contributed by atoms with Crippen molar-refractivity contribution in [3.05, 3.63) is 58.5 Å². The van der Waals surface area contributed by atoms with E-state index in [-0.39, 0.29) is 12.4 Å². The van der Waals surface area contributed by atoms with Gasteiger partial charge in [-0.3, -0.25) is 9.98 Å². The summed E-state index contributed by atoms with van der Waals surface area (Å²) in [5, 5.41) is 20.9. The van der Waals surface area contributed by atoms with Crippen LogP contribution in [-0.2, 0) is 19.4 Å². The number of aromatic amines is 1.